The second-order valence-corrected chi connectivity index (χ2v) is 5.26. The molecule has 2 aromatic rings. The van der Waals surface area contributed by atoms with Gasteiger partial charge in [-0.1, -0.05) is 23.7 Å². The molecule has 0 aromatic heterocycles. The van der Waals surface area contributed by atoms with Crippen LogP contribution < -0.4 is 9.47 Å². The minimum atomic E-state index is -1.02. The Labute approximate surface area is 134 Å². The van der Waals surface area contributed by atoms with Crippen LogP contribution in [0.4, 0.5) is 0 Å². The Bertz CT molecular complexity index is 652. The molecule has 22 heavy (non-hydrogen) atoms. The summed E-state index contributed by atoms with van der Waals surface area (Å²) in [6.07, 6.45) is -0.737. The zero-order valence-corrected chi connectivity index (χ0v) is 13.1. The van der Waals surface area contributed by atoms with Gasteiger partial charge in [0.25, 0.3) is 0 Å². The summed E-state index contributed by atoms with van der Waals surface area (Å²) in [6, 6.07) is 12.2. The molecule has 1 N–H and O–H groups in total. The molecule has 5 heteroatoms. The number of carboxylic acid groups (broad SMARTS) is 1. The topological polar surface area (TPSA) is 55.8 Å². The molecule has 0 aliphatic carbocycles. The van der Waals surface area contributed by atoms with Crippen LogP contribution in [-0.2, 0) is 11.2 Å². The van der Waals surface area contributed by atoms with Crippen LogP contribution >= 0.6 is 11.6 Å². The molecular weight excluding hydrogens is 304 g/mol. The van der Waals surface area contributed by atoms with Crippen molar-refractivity contribution < 1.29 is 19.4 Å². The first-order valence-electron chi connectivity index (χ1n) is 6.78. The van der Waals surface area contributed by atoms with Crippen molar-refractivity contribution in [2.24, 2.45) is 0 Å². The summed E-state index contributed by atoms with van der Waals surface area (Å²) in [6.45, 7) is 1.87. The lowest BCUT2D eigenvalue weighted by atomic mass is 10.0. The van der Waals surface area contributed by atoms with Gasteiger partial charge >= 0.3 is 5.97 Å². The fourth-order valence-corrected chi connectivity index (χ4v) is 2.27. The first-order chi connectivity index (χ1) is 10.5. The van der Waals surface area contributed by atoms with Gasteiger partial charge in [-0.3, -0.25) is 0 Å². The van der Waals surface area contributed by atoms with Gasteiger partial charge in [-0.05, 0) is 48.4 Å². The lowest BCUT2D eigenvalue weighted by Crippen LogP contribution is -2.29. The zero-order chi connectivity index (χ0) is 16.1. The second-order valence-electron chi connectivity index (χ2n) is 4.85. The molecule has 0 amide bonds. The van der Waals surface area contributed by atoms with E-state index in [2.05, 4.69) is 0 Å². The highest BCUT2D eigenvalue weighted by Crippen LogP contribution is 2.23. The zero-order valence-electron chi connectivity index (χ0n) is 12.4. The Hall–Kier alpha value is -2.20. The highest BCUT2D eigenvalue weighted by molar-refractivity contribution is 6.31. The molecule has 0 saturated heterocycles. The molecular formula is C17H17ClO4. The lowest BCUT2D eigenvalue weighted by Gasteiger charge is -2.17. The summed E-state index contributed by atoms with van der Waals surface area (Å²) < 4.78 is 10.6. The van der Waals surface area contributed by atoms with Gasteiger partial charge in [0.1, 0.15) is 11.5 Å². The number of benzene rings is 2. The largest absolute Gasteiger partial charge is 0.497 e. The van der Waals surface area contributed by atoms with Crippen molar-refractivity contribution in [3.63, 3.8) is 0 Å². The number of methoxy groups -OCH3 is 1. The highest BCUT2D eigenvalue weighted by Gasteiger charge is 2.21. The summed E-state index contributed by atoms with van der Waals surface area (Å²) in [5.74, 6) is 0.146. The number of halogens is 1. The van der Waals surface area contributed by atoms with Crippen molar-refractivity contribution in [3.05, 3.63) is 58.6 Å². The third kappa shape index (κ3) is 3.92. The molecule has 0 aliphatic heterocycles. The van der Waals surface area contributed by atoms with Gasteiger partial charge in [0.15, 0.2) is 6.10 Å². The monoisotopic (exact) mass is 320 g/mol. The maximum atomic E-state index is 11.4. The minimum absolute atomic E-state index is 0.244. The second kappa shape index (κ2) is 7.18. The number of carboxylic acids is 1. The number of ether oxygens (including phenoxy) is 2. The van der Waals surface area contributed by atoms with E-state index in [9.17, 15) is 9.90 Å². The van der Waals surface area contributed by atoms with Gasteiger partial charge in [0.2, 0.25) is 0 Å². The summed E-state index contributed by atoms with van der Waals surface area (Å²) in [7, 11) is 1.57. The van der Waals surface area contributed by atoms with Crippen LogP contribution in [0.5, 0.6) is 11.5 Å². The fraction of sp³-hybridized carbons (Fsp3) is 0.235. The van der Waals surface area contributed by atoms with Crippen molar-refractivity contribution in [2.45, 2.75) is 19.4 Å². The van der Waals surface area contributed by atoms with Crippen molar-refractivity contribution in [2.75, 3.05) is 7.11 Å². The summed E-state index contributed by atoms with van der Waals surface area (Å²) in [4.78, 5) is 11.4. The maximum Gasteiger partial charge on any atom is 0.345 e. The van der Waals surface area contributed by atoms with E-state index in [1.165, 1.54) is 0 Å². The molecule has 0 spiro atoms. The van der Waals surface area contributed by atoms with Gasteiger partial charge in [-0.2, -0.15) is 0 Å². The summed E-state index contributed by atoms with van der Waals surface area (Å²) in [5.41, 5.74) is 1.72. The predicted molar refractivity (Wildman–Crippen MR) is 84.9 cm³/mol. The van der Waals surface area contributed by atoms with E-state index in [4.69, 9.17) is 21.1 Å². The average molecular weight is 321 g/mol. The van der Waals surface area contributed by atoms with Gasteiger partial charge in [-0.25, -0.2) is 4.79 Å². The van der Waals surface area contributed by atoms with Gasteiger partial charge < -0.3 is 14.6 Å². The van der Waals surface area contributed by atoms with Crippen molar-refractivity contribution in [1.82, 2.24) is 0 Å². The molecule has 0 radical (unpaired) electrons. The standard InChI is InChI=1S/C17H17ClO4/c1-11-12(4-3-5-15(11)18)10-16(17(19)20)22-14-8-6-13(21-2)7-9-14/h3-9,16H,10H2,1-2H3,(H,19,20). The molecule has 2 aromatic carbocycles. The molecule has 0 heterocycles. The minimum Gasteiger partial charge on any atom is -0.497 e. The van der Waals surface area contributed by atoms with Crippen LogP contribution in [0, 0.1) is 6.92 Å². The Morgan fingerprint density at radius 1 is 1.18 bits per heavy atom. The fourth-order valence-electron chi connectivity index (χ4n) is 2.07. The molecule has 0 aliphatic rings. The van der Waals surface area contributed by atoms with Gasteiger partial charge in [0, 0.05) is 11.4 Å². The van der Waals surface area contributed by atoms with E-state index >= 15 is 0 Å². The third-order valence-electron chi connectivity index (χ3n) is 3.40. The molecule has 0 saturated carbocycles. The van der Waals surface area contributed by atoms with Crippen molar-refractivity contribution >= 4 is 17.6 Å². The lowest BCUT2D eigenvalue weighted by molar-refractivity contribution is -0.145. The molecule has 0 fully saturated rings. The number of hydrogen-bond donors (Lipinski definition) is 1. The smallest absolute Gasteiger partial charge is 0.345 e. The number of carbonyl (C=O) groups is 1. The number of hydrogen-bond acceptors (Lipinski definition) is 3. The Balaban J connectivity index is 2.16. The van der Waals surface area contributed by atoms with E-state index < -0.39 is 12.1 Å². The van der Waals surface area contributed by atoms with Crippen LogP contribution in [-0.4, -0.2) is 24.3 Å². The van der Waals surface area contributed by atoms with Crippen LogP contribution in [0.3, 0.4) is 0 Å². The Kier molecular flexibility index (Phi) is 5.28. The number of aliphatic carboxylic acids is 1. The summed E-state index contributed by atoms with van der Waals surface area (Å²) in [5, 5.41) is 9.99. The van der Waals surface area contributed by atoms with E-state index in [0.29, 0.717) is 16.5 Å². The van der Waals surface area contributed by atoms with Crippen LogP contribution in [0.25, 0.3) is 0 Å². The predicted octanol–water partition coefficient (Wildman–Crippen LogP) is 3.73. The van der Waals surface area contributed by atoms with Crippen molar-refractivity contribution in [1.29, 1.82) is 0 Å². The SMILES string of the molecule is COc1ccc(OC(Cc2cccc(Cl)c2C)C(=O)O)cc1. The molecule has 1 unspecified atom stereocenters. The Morgan fingerprint density at radius 3 is 2.41 bits per heavy atom. The maximum absolute atomic E-state index is 11.4. The number of rotatable bonds is 6. The van der Waals surface area contributed by atoms with Crippen LogP contribution in [0.2, 0.25) is 5.02 Å². The first-order valence-corrected chi connectivity index (χ1v) is 7.16. The quantitative estimate of drug-likeness (QED) is 0.881. The molecule has 4 nitrogen and oxygen atoms in total. The first kappa shape index (κ1) is 16.2. The summed E-state index contributed by atoms with van der Waals surface area (Å²) >= 11 is 6.07. The molecule has 1 atom stereocenters. The molecule has 0 bridgehead atoms. The van der Waals surface area contributed by atoms with E-state index in [-0.39, 0.29) is 6.42 Å². The normalized spacial score (nSPS) is 11.8. The van der Waals surface area contributed by atoms with Crippen LogP contribution in [0.1, 0.15) is 11.1 Å². The van der Waals surface area contributed by atoms with Crippen molar-refractivity contribution in [3.8, 4) is 11.5 Å². The van der Waals surface area contributed by atoms with Crippen LogP contribution in [0.15, 0.2) is 42.5 Å². The van der Waals surface area contributed by atoms with E-state index in [1.54, 1.807) is 43.5 Å². The van der Waals surface area contributed by atoms with E-state index in [1.807, 2.05) is 13.0 Å². The van der Waals surface area contributed by atoms with Gasteiger partial charge in [0.05, 0.1) is 7.11 Å². The highest BCUT2D eigenvalue weighted by atomic mass is 35.5. The average Bonchev–Trinajstić information content (AvgIpc) is 2.51. The molecule has 116 valence electrons. The van der Waals surface area contributed by atoms with Gasteiger partial charge in [-0.15, -0.1) is 0 Å². The molecule has 2 rings (SSSR count). The van der Waals surface area contributed by atoms with E-state index in [0.717, 1.165) is 11.1 Å². The third-order valence-corrected chi connectivity index (χ3v) is 3.81. The Morgan fingerprint density at radius 2 is 1.82 bits per heavy atom.